The van der Waals surface area contributed by atoms with Gasteiger partial charge in [0.2, 0.25) is 0 Å². The van der Waals surface area contributed by atoms with Crippen molar-refractivity contribution in [3.63, 3.8) is 0 Å². The van der Waals surface area contributed by atoms with Crippen LogP contribution in [0.4, 0.5) is 16.6 Å². The summed E-state index contributed by atoms with van der Waals surface area (Å²) in [5.41, 5.74) is 16.7. The minimum Gasteiger partial charge on any atom is -0.366 e. The number of pyridine rings is 1. The van der Waals surface area contributed by atoms with Crippen molar-refractivity contribution >= 4 is 60.9 Å². The van der Waals surface area contributed by atoms with Gasteiger partial charge in [0.15, 0.2) is 5.13 Å². The average molecular weight is 962 g/mol. The second-order valence-electron chi connectivity index (χ2n) is 20.0. The summed E-state index contributed by atoms with van der Waals surface area (Å²) in [6, 6.07) is 32.7. The molecule has 5 heterocycles. The minimum absolute atomic E-state index is 0.124. The molecule has 0 amide bonds. The Morgan fingerprint density at radius 1 is 0.887 bits per heavy atom. The smallest absolute Gasteiger partial charge is 0.188 e. The van der Waals surface area contributed by atoms with E-state index < -0.39 is 0 Å². The third kappa shape index (κ3) is 11.2. The largest absolute Gasteiger partial charge is 0.366 e. The van der Waals surface area contributed by atoms with Gasteiger partial charge in [0, 0.05) is 71.9 Å². The number of hydrogen-bond donors (Lipinski definition) is 3. The first-order valence-corrected chi connectivity index (χ1v) is 26.4. The standard InChI is InChI=1S/C61H71N9S/c1-10-16-51(43(7)62-12-3)60-53-26-24-48(37-57(53)68(9)67-60)63-42(6)38-69-32-29-45(30-33-69)22-21-40(4)35-46-23-25-49(41(5)36-46)52-27-28-59(65-55(52)11-2)70-34-31-47-17-15-18-50(54(47)39-70)44(8)64-61-66-56-19-13-14-20-58(56)71-61/h11-15,17-20,23-28,36-37,40,45,51,62-63H,2-3,6-8,10,16,21-22,29-35,38-39H2,1,4-5,9H3,(H,64,66). The molecule has 71 heavy (non-hydrogen) atoms. The summed E-state index contributed by atoms with van der Waals surface area (Å²) in [5, 5.41) is 17.3. The van der Waals surface area contributed by atoms with E-state index in [4.69, 9.17) is 15.1 Å². The fraction of sp³-hybridized carbons (Fsp3) is 0.328. The summed E-state index contributed by atoms with van der Waals surface area (Å²) in [5.74, 6) is 2.49. The molecule has 2 aliphatic rings. The Bertz CT molecular complexity index is 3060. The fourth-order valence-electron chi connectivity index (χ4n) is 10.9. The fourth-order valence-corrected chi connectivity index (χ4v) is 11.8. The molecule has 4 aromatic carbocycles. The Kier molecular flexibility index (Phi) is 15.3. The van der Waals surface area contributed by atoms with Crippen LogP contribution in [-0.2, 0) is 26.4 Å². The summed E-state index contributed by atoms with van der Waals surface area (Å²) in [7, 11) is 2.02. The Morgan fingerprint density at radius 2 is 1.70 bits per heavy atom. The van der Waals surface area contributed by atoms with Crippen molar-refractivity contribution in [2.45, 2.75) is 84.6 Å². The van der Waals surface area contributed by atoms with Crippen molar-refractivity contribution < 1.29 is 0 Å². The zero-order chi connectivity index (χ0) is 49.6. The predicted molar refractivity (Wildman–Crippen MR) is 303 cm³/mol. The molecule has 0 radical (unpaired) electrons. The monoisotopic (exact) mass is 962 g/mol. The van der Waals surface area contributed by atoms with E-state index >= 15 is 0 Å². The molecule has 366 valence electrons. The second-order valence-corrected chi connectivity index (χ2v) is 21.0. The quantitative estimate of drug-likeness (QED) is 0.0657. The molecule has 7 aromatic rings. The number of benzene rings is 4. The number of nitrogens with zero attached hydrogens (tertiary/aromatic N) is 6. The SMILES string of the molecule is C=CNC(=C)C(CCC)c1nn(C)c2cc(NC(=C)CN3CCC(CCC(C)Cc4ccc(-c5ccc(N6CCc7cccc(C(=C)Nc8nc9ccccc9s8)c7C6)nc5C=C)c(C)c4)CC3)ccc12. The summed E-state index contributed by atoms with van der Waals surface area (Å²) < 4.78 is 3.14. The summed E-state index contributed by atoms with van der Waals surface area (Å²) >= 11 is 1.65. The van der Waals surface area contributed by atoms with E-state index in [1.165, 1.54) is 53.5 Å². The molecule has 0 spiro atoms. The normalized spacial score (nSPS) is 15.0. The Morgan fingerprint density at radius 3 is 2.48 bits per heavy atom. The number of allylic oxidation sites excluding steroid dienone is 1. The molecule has 1 fully saturated rings. The van der Waals surface area contributed by atoms with Crippen molar-refractivity contribution in [1.82, 2.24) is 30.0 Å². The molecule has 2 unspecified atom stereocenters. The van der Waals surface area contributed by atoms with E-state index in [-0.39, 0.29) is 5.92 Å². The molecular weight excluding hydrogens is 891 g/mol. The van der Waals surface area contributed by atoms with Crippen LogP contribution >= 0.6 is 11.3 Å². The molecule has 0 saturated carbocycles. The number of likely N-dealkylation sites (tertiary alicyclic amines) is 1. The van der Waals surface area contributed by atoms with Gasteiger partial charge >= 0.3 is 0 Å². The van der Waals surface area contributed by atoms with Gasteiger partial charge in [-0.1, -0.05) is 126 Å². The lowest BCUT2D eigenvalue weighted by Crippen LogP contribution is -2.36. The highest BCUT2D eigenvalue weighted by Gasteiger charge is 2.25. The molecule has 2 atom stereocenters. The third-order valence-corrected chi connectivity index (χ3v) is 15.7. The predicted octanol–water partition coefficient (Wildman–Crippen LogP) is 14.3. The number of aromatic nitrogens is 4. The molecule has 2 aliphatic heterocycles. The van der Waals surface area contributed by atoms with Crippen molar-refractivity contribution in [1.29, 1.82) is 0 Å². The van der Waals surface area contributed by atoms with Crippen LogP contribution in [0.25, 0.3) is 44.0 Å². The molecule has 0 aliphatic carbocycles. The Labute approximate surface area is 425 Å². The molecule has 3 N–H and O–H groups in total. The first-order valence-electron chi connectivity index (χ1n) is 25.6. The molecular formula is C61H71N9S. The number of piperidine rings is 1. The summed E-state index contributed by atoms with van der Waals surface area (Å²) in [4.78, 5) is 15.0. The minimum atomic E-state index is 0.124. The van der Waals surface area contributed by atoms with Crippen LogP contribution in [-0.4, -0.2) is 50.8 Å². The van der Waals surface area contributed by atoms with E-state index in [1.54, 1.807) is 17.5 Å². The maximum Gasteiger partial charge on any atom is 0.188 e. The van der Waals surface area contributed by atoms with E-state index in [0.717, 1.165) is 142 Å². The zero-order valence-electron chi connectivity index (χ0n) is 42.4. The highest BCUT2D eigenvalue weighted by molar-refractivity contribution is 7.22. The molecule has 3 aromatic heterocycles. The van der Waals surface area contributed by atoms with Gasteiger partial charge in [-0.05, 0) is 147 Å². The van der Waals surface area contributed by atoms with E-state index in [0.29, 0.717) is 5.92 Å². The van der Waals surface area contributed by atoms with E-state index in [9.17, 15) is 0 Å². The highest BCUT2D eigenvalue weighted by atomic mass is 32.1. The number of fused-ring (bicyclic) bond motifs is 3. The van der Waals surface area contributed by atoms with Crippen LogP contribution in [0, 0.1) is 18.8 Å². The number of para-hydroxylation sites is 1. The molecule has 10 heteroatoms. The average Bonchev–Trinajstić information content (AvgIpc) is 3.94. The number of aryl methyl sites for hydroxylation is 2. The number of rotatable bonds is 21. The lowest BCUT2D eigenvalue weighted by atomic mass is 9.86. The number of nitrogens with one attached hydrogen (secondary N) is 3. The van der Waals surface area contributed by atoms with Gasteiger partial charge in [-0.25, -0.2) is 9.97 Å². The van der Waals surface area contributed by atoms with E-state index in [1.807, 2.05) is 29.9 Å². The Balaban J connectivity index is 0.746. The van der Waals surface area contributed by atoms with Gasteiger partial charge in [0.05, 0.1) is 27.1 Å². The lowest BCUT2D eigenvalue weighted by molar-refractivity contribution is 0.186. The van der Waals surface area contributed by atoms with Crippen molar-refractivity contribution in [2.24, 2.45) is 18.9 Å². The van der Waals surface area contributed by atoms with E-state index in [2.05, 4.69) is 158 Å². The number of hydrogen-bond acceptors (Lipinski definition) is 9. The summed E-state index contributed by atoms with van der Waals surface area (Å²) in [6.07, 6.45) is 12.7. The number of thiazole rings is 1. The lowest BCUT2D eigenvalue weighted by Gasteiger charge is -2.33. The van der Waals surface area contributed by atoms with Crippen LogP contribution in [0.15, 0.2) is 141 Å². The van der Waals surface area contributed by atoms with Crippen molar-refractivity contribution in [2.75, 3.05) is 41.7 Å². The second kappa shape index (κ2) is 22.1. The Hall–Kier alpha value is -6.75. The van der Waals surface area contributed by atoms with Gasteiger partial charge in [0.25, 0.3) is 0 Å². The van der Waals surface area contributed by atoms with Crippen LogP contribution in [0.5, 0.6) is 0 Å². The first-order chi connectivity index (χ1) is 34.5. The zero-order valence-corrected chi connectivity index (χ0v) is 43.2. The molecule has 9 nitrogen and oxygen atoms in total. The van der Waals surface area contributed by atoms with Crippen LogP contribution in [0.1, 0.15) is 97.5 Å². The maximum absolute atomic E-state index is 5.22. The highest BCUT2D eigenvalue weighted by Crippen LogP contribution is 2.37. The van der Waals surface area contributed by atoms with Gasteiger partial charge < -0.3 is 20.9 Å². The van der Waals surface area contributed by atoms with Crippen LogP contribution < -0.4 is 20.9 Å². The maximum atomic E-state index is 5.22. The molecule has 0 bridgehead atoms. The van der Waals surface area contributed by atoms with Gasteiger partial charge in [-0.3, -0.25) is 9.58 Å². The summed E-state index contributed by atoms with van der Waals surface area (Å²) in [6.45, 7) is 32.8. The van der Waals surface area contributed by atoms with Gasteiger partial charge in [-0.15, -0.1) is 0 Å². The molecule has 1 saturated heterocycles. The molecule has 9 rings (SSSR count). The third-order valence-electron chi connectivity index (χ3n) is 14.7. The topological polar surface area (TPSA) is 86.2 Å². The van der Waals surface area contributed by atoms with Crippen molar-refractivity contribution in [3.8, 4) is 11.1 Å². The van der Waals surface area contributed by atoms with Crippen molar-refractivity contribution in [3.05, 3.63) is 181 Å². The van der Waals surface area contributed by atoms with Gasteiger partial charge in [0.1, 0.15) is 5.82 Å². The first kappa shape index (κ1) is 49.2. The van der Waals surface area contributed by atoms with Gasteiger partial charge in [-0.2, -0.15) is 5.10 Å². The van der Waals surface area contributed by atoms with Crippen LogP contribution in [0.3, 0.4) is 0 Å². The van der Waals surface area contributed by atoms with Crippen LogP contribution in [0.2, 0.25) is 0 Å². The number of anilines is 3.